The fraction of sp³-hybridized carbons (Fsp3) is 0.409. The van der Waals surface area contributed by atoms with Crippen molar-refractivity contribution in [2.45, 2.75) is 34.2 Å². The summed E-state index contributed by atoms with van der Waals surface area (Å²) < 4.78 is 25.7. The Labute approximate surface area is 174 Å². The summed E-state index contributed by atoms with van der Waals surface area (Å²) in [6, 6.07) is 13.5. The lowest BCUT2D eigenvalue weighted by atomic mass is 10.1. The molecule has 0 saturated carbocycles. The first-order chi connectivity index (χ1) is 13.7. The summed E-state index contributed by atoms with van der Waals surface area (Å²) in [6.07, 6.45) is 1.12. The lowest BCUT2D eigenvalue weighted by Crippen LogP contribution is -2.40. The largest absolute Gasteiger partial charge is 0.372 e. The Morgan fingerprint density at radius 3 is 2.14 bits per heavy atom. The summed E-state index contributed by atoms with van der Waals surface area (Å²) >= 11 is 0. The fourth-order valence-electron chi connectivity index (χ4n) is 3.27. The molecule has 0 unspecified atom stereocenters. The smallest absolute Gasteiger partial charge is 0.241 e. The highest BCUT2D eigenvalue weighted by molar-refractivity contribution is 7.92. The van der Waals surface area contributed by atoms with Gasteiger partial charge in [-0.1, -0.05) is 29.8 Å². The highest BCUT2D eigenvalue weighted by Crippen LogP contribution is 2.23. The standard InChI is InChI=1S/C22H31N3O3S/c1-6-24(7-2)20-11-9-19(10-12-20)15-23-22(26)16-25(29(5,27)28)21-13-8-17(3)14-18(21)4/h8-14H,6-7,15-16H2,1-5H3,(H,23,26). The summed E-state index contributed by atoms with van der Waals surface area (Å²) in [6.45, 7) is 9.98. The quantitative estimate of drug-likeness (QED) is 0.680. The molecule has 7 heteroatoms. The molecule has 0 heterocycles. The van der Waals surface area contributed by atoms with E-state index in [4.69, 9.17) is 0 Å². The molecule has 29 heavy (non-hydrogen) atoms. The van der Waals surface area contributed by atoms with E-state index in [0.29, 0.717) is 12.2 Å². The zero-order valence-corrected chi connectivity index (χ0v) is 18.7. The summed E-state index contributed by atoms with van der Waals surface area (Å²) in [7, 11) is -3.59. The third-order valence-corrected chi connectivity index (χ3v) is 5.99. The van der Waals surface area contributed by atoms with Crippen molar-refractivity contribution in [1.82, 2.24) is 5.32 Å². The second-order valence-corrected chi connectivity index (χ2v) is 9.08. The van der Waals surface area contributed by atoms with E-state index in [0.717, 1.165) is 46.0 Å². The number of hydrogen-bond acceptors (Lipinski definition) is 4. The van der Waals surface area contributed by atoms with Crippen LogP contribution in [0.15, 0.2) is 42.5 Å². The van der Waals surface area contributed by atoms with Crippen LogP contribution in [0.1, 0.15) is 30.5 Å². The van der Waals surface area contributed by atoms with Crippen LogP contribution in [0.25, 0.3) is 0 Å². The number of amides is 1. The molecule has 1 amide bonds. The van der Waals surface area contributed by atoms with Crippen LogP contribution in [0.4, 0.5) is 11.4 Å². The zero-order chi connectivity index (χ0) is 21.6. The monoisotopic (exact) mass is 417 g/mol. The predicted octanol–water partition coefficient (Wildman–Crippen LogP) is 3.23. The number of nitrogens with one attached hydrogen (secondary N) is 1. The Bertz CT molecular complexity index is 936. The van der Waals surface area contributed by atoms with Crippen LogP contribution in [-0.4, -0.2) is 40.2 Å². The number of benzene rings is 2. The Morgan fingerprint density at radius 1 is 1.00 bits per heavy atom. The van der Waals surface area contributed by atoms with Crippen molar-refractivity contribution in [1.29, 1.82) is 0 Å². The molecule has 0 aromatic heterocycles. The van der Waals surface area contributed by atoms with E-state index in [1.807, 2.05) is 50.2 Å². The van der Waals surface area contributed by atoms with Gasteiger partial charge >= 0.3 is 0 Å². The van der Waals surface area contributed by atoms with Crippen molar-refractivity contribution >= 4 is 27.3 Å². The van der Waals surface area contributed by atoms with E-state index in [1.54, 1.807) is 6.07 Å². The predicted molar refractivity (Wildman–Crippen MR) is 120 cm³/mol. The molecule has 2 aromatic carbocycles. The SMILES string of the molecule is CCN(CC)c1ccc(CNC(=O)CN(c2ccc(C)cc2C)S(C)(=O)=O)cc1. The van der Waals surface area contributed by atoms with E-state index in [2.05, 4.69) is 24.1 Å². The van der Waals surface area contributed by atoms with Crippen molar-refractivity contribution < 1.29 is 13.2 Å². The maximum atomic E-state index is 12.5. The summed E-state index contributed by atoms with van der Waals surface area (Å²) in [5.41, 5.74) is 4.49. The summed E-state index contributed by atoms with van der Waals surface area (Å²) in [5, 5.41) is 2.82. The van der Waals surface area contributed by atoms with Crippen LogP contribution < -0.4 is 14.5 Å². The van der Waals surface area contributed by atoms with Gasteiger partial charge in [0.1, 0.15) is 6.54 Å². The number of sulfonamides is 1. The van der Waals surface area contributed by atoms with Gasteiger partial charge in [0, 0.05) is 25.3 Å². The van der Waals surface area contributed by atoms with Gasteiger partial charge in [-0.3, -0.25) is 9.10 Å². The zero-order valence-electron chi connectivity index (χ0n) is 17.9. The minimum absolute atomic E-state index is 0.250. The van der Waals surface area contributed by atoms with Gasteiger partial charge in [-0.15, -0.1) is 0 Å². The molecular weight excluding hydrogens is 386 g/mol. The van der Waals surface area contributed by atoms with Gasteiger partial charge in [0.15, 0.2) is 0 Å². The van der Waals surface area contributed by atoms with Crippen LogP contribution in [0.3, 0.4) is 0 Å². The van der Waals surface area contributed by atoms with Gasteiger partial charge < -0.3 is 10.2 Å². The van der Waals surface area contributed by atoms with Gasteiger partial charge in [0.2, 0.25) is 15.9 Å². The highest BCUT2D eigenvalue weighted by atomic mass is 32.2. The molecule has 1 N–H and O–H groups in total. The van der Waals surface area contributed by atoms with Crippen LogP contribution in [-0.2, 0) is 21.4 Å². The third kappa shape index (κ3) is 6.22. The molecule has 2 aromatic rings. The van der Waals surface area contributed by atoms with Crippen molar-refractivity contribution in [3.8, 4) is 0 Å². The Morgan fingerprint density at radius 2 is 1.62 bits per heavy atom. The van der Waals surface area contributed by atoms with Crippen LogP contribution >= 0.6 is 0 Å². The summed E-state index contributed by atoms with van der Waals surface area (Å²) in [5.74, 6) is -0.344. The van der Waals surface area contributed by atoms with Crippen LogP contribution in [0.5, 0.6) is 0 Å². The topological polar surface area (TPSA) is 69.7 Å². The molecule has 0 radical (unpaired) electrons. The van der Waals surface area contributed by atoms with Crippen LogP contribution in [0.2, 0.25) is 0 Å². The van der Waals surface area contributed by atoms with E-state index in [1.165, 1.54) is 0 Å². The number of aryl methyl sites for hydroxylation is 2. The molecule has 0 atom stereocenters. The number of hydrogen-bond donors (Lipinski definition) is 1. The molecule has 0 aliphatic rings. The molecule has 0 aliphatic carbocycles. The lowest BCUT2D eigenvalue weighted by Gasteiger charge is -2.24. The first kappa shape index (κ1) is 22.7. The van der Waals surface area contributed by atoms with E-state index in [9.17, 15) is 13.2 Å². The van der Waals surface area contributed by atoms with Gasteiger partial charge in [-0.05, 0) is 57.0 Å². The molecular formula is C22H31N3O3S. The number of anilines is 2. The minimum atomic E-state index is -3.59. The minimum Gasteiger partial charge on any atom is -0.372 e. The molecule has 0 spiro atoms. The molecule has 158 valence electrons. The molecule has 0 aliphatic heterocycles. The van der Waals surface area contributed by atoms with Crippen LogP contribution in [0, 0.1) is 13.8 Å². The van der Waals surface area contributed by atoms with Crippen molar-refractivity contribution in [2.75, 3.05) is 35.1 Å². The number of nitrogens with zero attached hydrogens (tertiary/aromatic N) is 2. The van der Waals surface area contributed by atoms with Gasteiger partial charge in [0.05, 0.1) is 11.9 Å². The van der Waals surface area contributed by atoms with Crippen molar-refractivity contribution in [3.05, 3.63) is 59.2 Å². The van der Waals surface area contributed by atoms with E-state index >= 15 is 0 Å². The Balaban J connectivity index is 2.05. The van der Waals surface area contributed by atoms with E-state index < -0.39 is 10.0 Å². The molecule has 0 bridgehead atoms. The van der Waals surface area contributed by atoms with Gasteiger partial charge in [-0.25, -0.2) is 8.42 Å². The fourth-order valence-corrected chi connectivity index (χ4v) is 4.18. The summed E-state index contributed by atoms with van der Waals surface area (Å²) in [4.78, 5) is 14.7. The Kier molecular flexibility index (Phi) is 7.67. The Hall–Kier alpha value is -2.54. The van der Waals surface area contributed by atoms with Crippen molar-refractivity contribution in [2.24, 2.45) is 0 Å². The maximum absolute atomic E-state index is 12.5. The highest BCUT2D eigenvalue weighted by Gasteiger charge is 2.22. The van der Waals surface area contributed by atoms with Crippen molar-refractivity contribution in [3.63, 3.8) is 0 Å². The average molecular weight is 418 g/mol. The number of rotatable bonds is 9. The third-order valence-electron chi connectivity index (χ3n) is 4.86. The molecule has 6 nitrogen and oxygen atoms in total. The first-order valence-electron chi connectivity index (χ1n) is 9.81. The first-order valence-corrected chi connectivity index (χ1v) is 11.7. The van der Waals surface area contributed by atoms with E-state index in [-0.39, 0.29) is 12.5 Å². The molecule has 0 fully saturated rings. The molecule has 0 saturated heterocycles. The number of carbonyl (C=O) groups excluding carboxylic acids is 1. The average Bonchev–Trinajstić information content (AvgIpc) is 2.66. The second-order valence-electron chi connectivity index (χ2n) is 7.18. The number of carbonyl (C=O) groups is 1. The second kappa shape index (κ2) is 9.78. The lowest BCUT2D eigenvalue weighted by molar-refractivity contribution is -0.119. The van der Waals surface area contributed by atoms with Gasteiger partial charge in [0.25, 0.3) is 0 Å². The molecule has 2 rings (SSSR count). The maximum Gasteiger partial charge on any atom is 0.241 e. The normalized spacial score (nSPS) is 11.2. The van der Waals surface area contributed by atoms with Gasteiger partial charge in [-0.2, -0.15) is 0 Å².